The SMILES string of the molecule is CCCCC(CC)COP(=O)(O)OCC(CC)CCCC.C[N+](C)(C)CCO.Cl. The highest BCUT2D eigenvalue weighted by Crippen LogP contribution is 2.44. The van der Waals surface area contributed by atoms with E-state index >= 15 is 0 Å². The Morgan fingerprint density at radius 2 is 1.24 bits per heavy atom. The van der Waals surface area contributed by atoms with Gasteiger partial charge in [-0.15, -0.1) is 12.4 Å². The quantitative estimate of drug-likeness (QED) is 0.228. The predicted molar refractivity (Wildman–Crippen MR) is 126 cm³/mol. The maximum absolute atomic E-state index is 11.9. The number of aliphatic hydroxyl groups excluding tert-OH is 1. The zero-order valence-corrected chi connectivity index (χ0v) is 21.8. The fourth-order valence-electron chi connectivity index (χ4n) is 2.53. The number of rotatable bonds is 16. The molecule has 0 aromatic heterocycles. The molecule has 0 aliphatic carbocycles. The van der Waals surface area contributed by atoms with Gasteiger partial charge in [-0.3, -0.25) is 9.05 Å². The molecule has 6 nitrogen and oxygen atoms in total. The fourth-order valence-corrected chi connectivity index (χ4v) is 3.41. The van der Waals surface area contributed by atoms with Crippen LogP contribution in [0.4, 0.5) is 0 Å². The van der Waals surface area contributed by atoms with Gasteiger partial charge in [0.25, 0.3) is 0 Å². The van der Waals surface area contributed by atoms with Gasteiger partial charge in [0, 0.05) is 0 Å². The normalized spacial score (nSPS) is 15.5. The summed E-state index contributed by atoms with van der Waals surface area (Å²) >= 11 is 0. The highest BCUT2D eigenvalue weighted by atomic mass is 35.5. The van der Waals surface area contributed by atoms with Crippen LogP contribution in [0, 0.1) is 11.8 Å². The molecule has 0 bridgehead atoms. The van der Waals surface area contributed by atoms with E-state index in [4.69, 9.17) is 14.2 Å². The molecule has 2 unspecified atom stereocenters. The summed E-state index contributed by atoms with van der Waals surface area (Å²) in [6.07, 6.45) is 8.56. The molecular formula is C21H50ClNO5P+. The van der Waals surface area contributed by atoms with Crippen molar-refractivity contribution in [2.24, 2.45) is 11.8 Å². The second-order valence-corrected chi connectivity index (χ2v) is 10.1. The predicted octanol–water partition coefficient (Wildman–Crippen LogP) is 5.66. The van der Waals surface area contributed by atoms with Crippen molar-refractivity contribution >= 4 is 20.2 Å². The molecule has 0 heterocycles. The Bertz CT molecular complexity index is 370. The number of quaternary nitrogens is 1. The van der Waals surface area contributed by atoms with E-state index in [9.17, 15) is 9.46 Å². The molecule has 0 aromatic rings. The van der Waals surface area contributed by atoms with Crippen molar-refractivity contribution in [3.63, 3.8) is 0 Å². The summed E-state index contributed by atoms with van der Waals surface area (Å²) in [4.78, 5) is 9.77. The fraction of sp³-hybridized carbons (Fsp3) is 1.00. The molecule has 0 aliphatic heterocycles. The van der Waals surface area contributed by atoms with Crippen molar-refractivity contribution in [3.05, 3.63) is 0 Å². The maximum Gasteiger partial charge on any atom is 0.472 e. The Kier molecular flexibility index (Phi) is 23.7. The molecule has 0 aromatic carbocycles. The van der Waals surface area contributed by atoms with E-state index in [0.717, 1.165) is 62.4 Å². The van der Waals surface area contributed by atoms with Gasteiger partial charge in [-0.1, -0.05) is 66.2 Å². The van der Waals surface area contributed by atoms with Gasteiger partial charge in [0.15, 0.2) is 0 Å². The number of hydrogen-bond donors (Lipinski definition) is 2. The summed E-state index contributed by atoms with van der Waals surface area (Å²) in [6, 6.07) is 0. The molecule has 29 heavy (non-hydrogen) atoms. The Morgan fingerprint density at radius 1 is 0.862 bits per heavy atom. The van der Waals surface area contributed by atoms with Crippen molar-refractivity contribution in [1.29, 1.82) is 0 Å². The first kappa shape index (κ1) is 33.9. The van der Waals surface area contributed by atoms with Crippen molar-refractivity contribution in [2.75, 3.05) is 47.5 Å². The number of unbranched alkanes of at least 4 members (excludes halogenated alkanes) is 2. The third kappa shape index (κ3) is 24.5. The largest absolute Gasteiger partial charge is 0.472 e. The number of aliphatic hydroxyl groups is 1. The highest BCUT2D eigenvalue weighted by Gasteiger charge is 2.24. The van der Waals surface area contributed by atoms with Crippen LogP contribution in [0.5, 0.6) is 0 Å². The molecule has 0 radical (unpaired) electrons. The molecule has 0 rings (SSSR count). The Morgan fingerprint density at radius 3 is 1.45 bits per heavy atom. The van der Waals surface area contributed by atoms with Gasteiger partial charge < -0.3 is 14.5 Å². The van der Waals surface area contributed by atoms with Crippen molar-refractivity contribution in [3.8, 4) is 0 Å². The van der Waals surface area contributed by atoms with Crippen molar-refractivity contribution in [1.82, 2.24) is 0 Å². The van der Waals surface area contributed by atoms with Crippen LogP contribution in [-0.2, 0) is 13.6 Å². The maximum atomic E-state index is 11.9. The van der Waals surface area contributed by atoms with Crippen LogP contribution in [0.3, 0.4) is 0 Å². The van der Waals surface area contributed by atoms with Crippen LogP contribution < -0.4 is 0 Å². The van der Waals surface area contributed by atoms with Crippen LogP contribution in [0.25, 0.3) is 0 Å². The molecule has 0 fully saturated rings. The standard InChI is InChI=1S/C16H35O4P.C5H14NO.ClH/c1-5-9-11-15(7-3)13-19-21(17,18)20-14-16(8-4)12-10-6-2;1-6(2,3)4-5-7;/h15-16H,5-14H2,1-4H3,(H,17,18);7H,4-5H2,1-3H3;1H/q;+1;. The first-order chi connectivity index (χ1) is 13.0. The summed E-state index contributed by atoms with van der Waals surface area (Å²) in [5.41, 5.74) is 0. The van der Waals surface area contributed by atoms with E-state index < -0.39 is 7.82 Å². The van der Waals surface area contributed by atoms with E-state index in [-0.39, 0.29) is 19.0 Å². The Balaban J connectivity index is -0.000000721. The third-order valence-electron chi connectivity index (χ3n) is 4.80. The van der Waals surface area contributed by atoms with Gasteiger partial charge >= 0.3 is 7.82 Å². The van der Waals surface area contributed by atoms with Gasteiger partial charge in [-0.2, -0.15) is 0 Å². The van der Waals surface area contributed by atoms with Gasteiger partial charge in [0.1, 0.15) is 6.54 Å². The van der Waals surface area contributed by atoms with E-state index in [0.29, 0.717) is 25.0 Å². The lowest BCUT2D eigenvalue weighted by atomic mass is 10.0. The number of nitrogens with zero attached hydrogens (tertiary/aromatic N) is 1. The zero-order valence-electron chi connectivity index (χ0n) is 20.1. The number of hydrogen-bond acceptors (Lipinski definition) is 4. The lowest BCUT2D eigenvalue weighted by molar-refractivity contribution is -0.870. The van der Waals surface area contributed by atoms with Crippen LogP contribution >= 0.6 is 20.2 Å². The molecule has 2 N–H and O–H groups in total. The minimum Gasteiger partial charge on any atom is -0.391 e. The van der Waals surface area contributed by atoms with Crippen LogP contribution in [0.15, 0.2) is 0 Å². The first-order valence-electron chi connectivity index (χ1n) is 11.1. The summed E-state index contributed by atoms with van der Waals surface area (Å²) in [7, 11) is 2.26. The molecule has 0 spiro atoms. The molecule has 0 saturated heterocycles. The molecular weight excluding hydrogens is 413 g/mol. The molecule has 180 valence electrons. The van der Waals surface area contributed by atoms with E-state index in [1.165, 1.54) is 0 Å². The van der Waals surface area contributed by atoms with Crippen LogP contribution in [0.2, 0.25) is 0 Å². The Labute approximate surface area is 187 Å². The van der Waals surface area contributed by atoms with Gasteiger partial charge in [0.2, 0.25) is 0 Å². The molecule has 0 amide bonds. The summed E-state index contributed by atoms with van der Waals surface area (Å²) < 4.78 is 23.1. The summed E-state index contributed by atoms with van der Waals surface area (Å²) in [5, 5.41) is 8.39. The Hall–Kier alpha value is 0.320. The molecule has 2 atom stereocenters. The van der Waals surface area contributed by atoms with E-state index in [2.05, 4.69) is 48.8 Å². The molecule has 0 saturated carbocycles. The highest BCUT2D eigenvalue weighted by molar-refractivity contribution is 7.47. The number of phosphoric ester groups is 1. The number of phosphoric acid groups is 1. The van der Waals surface area contributed by atoms with Crippen molar-refractivity contribution < 1.29 is 28.1 Å². The lowest BCUT2D eigenvalue weighted by Crippen LogP contribution is -2.36. The van der Waals surface area contributed by atoms with Crippen LogP contribution in [-0.4, -0.2) is 62.0 Å². The molecule has 8 heteroatoms. The average Bonchev–Trinajstić information content (AvgIpc) is 2.61. The minimum atomic E-state index is -3.89. The summed E-state index contributed by atoms with van der Waals surface area (Å²) in [5.74, 6) is 0.687. The topological polar surface area (TPSA) is 76.0 Å². The monoisotopic (exact) mass is 462 g/mol. The third-order valence-corrected chi connectivity index (χ3v) is 5.75. The lowest BCUT2D eigenvalue weighted by Gasteiger charge is -2.21. The second-order valence-electron chi connectivity index (χ2n) is 8.63. The van der Waals surface area contributed by atoms with Crippen LogP contribution in [0.1, 0.15) is 79.1 Å². The number of likely N-dealkylation sites (N-methyl/N-ethyl adjacent to an activating group) is 1. The number of halogens is 1. The minimum absolute atomic E-state index is 0. The first-order valence-corrected chi connectivity index (χ1v) is 12.6. The summed E-state index contributed by atoms with van der Waals surface area (Å²) in [6.45, 7) is 10.2. The van der Waals surface area contributed by atoms with Crippen molar-refractivity contribution in [2.45, 2.75) is 79.1 Å². The second kappa shape index (κ2) is 20.2. The molecule has 0 aliphatic rings. The van der Waals surface area contributed by atoms with Gasteiger partial charge in [-0.25, -0.2) is 4.57 Å². The van der Waals surface area contributed by atoms with Gasteiger partial charge in [-0.05, 0) is 24.7 Å². The van der Waals surface area contributed by atoms with Gasteiger partial charge in [0.05, 0.1) is 41.0 Å². The van der Waals surface area contributed by atoms with E-state index in [1.54, 1.807) is 0 Å². The smallest absolute Gasteiger partial charge is 0.391 e. The zero-order chi connectivity index (χ0) is 22.1. The average molecular weight is 463 g/mol. The van der Waals surface area contributed by atoms with E-state index in [1.807, 2.05) is 0 Å².